The van der Waals surface area contributed by atoms with E-state index in [4.69, 9.17) is 0 Å². The molecule has 0 unspecified atom stereocenters. The van der Waals surface area contributed by atoms with Gasteiger partial charge in [0.05, 0.1) is 11.1 Å². The summed E-state index contributed by atoms with van der Waals surface area (Å²) < 4.78 is 1.19. The van der Waals surface area contributed by atoms with Gasteiger partial charge in [-0.25, -0.2) is 4.68 Å². The van der Waals surface area contributed by atoms with Crippen LogP contribution in [0.5, 0.6) is 0 Å². The molecule has 1 amide bonds. The Morgan fingerprint density at radius 3 is 2.48 bits per heavy atom. The third-order valence-electron chi connectivity index (χ3n) is 3.53. The number of para-hydroxylation sites is 1. The van der Waals surface area contributed by atoms with Crippen molar-refractivity contribution in [2.24, 2.45) is 7.05 Å². The Bertz CT molecular complexity index is 950. The van der Waals surface area contributed by atoms with Gasteiger partial charge in [0.25, 0.3) is 11.5 Å². The standard InChI is InChI=1S/C17H15N3O2S/c1-20-17(22)12-8-4-3-7-11(12)15(19-20)16(21)18-13-9-5-6-10-14(13)23-2/h3-10H,1-2H3,(H,18,21). The van der Waals surface area contributed by atoms with E-state index in [0.717, 1.165) is 10.6 Å². The van der Waals surface area contributed by atoms with Gasteiger partial charge >= 0.3 is 0 Å². The van der Waals surface area contributed by atoms with Gasteiger partial charge in [-0.15, -0.1) is 11.8 Å². The van der Waals surface area contributed by atoms with E-state index in [-0.39, 0.29) is 17.2 Å². The van der Waals surface area contributed by atoms with E-state index >= 15 is 0 Å². The lowest BCUT2D eigenvalue weighted by atomic mass is 10.1. The molecule has 0 saturated carbocycles. The Kier molecular flexibility index (Phi) is 4.16. The van der Waals surface area contributed by atoms with Gasteiger partial charge in [-0.1, -0.05) is 30.3 Å². The van der Waals surface area contributed by atoms with Gasteiger partial charge in [0.15, 0.2) is 5.69 Å². The first-order chi connectivity index (χ1) is 11.1. The van der Waals surface area contributed by atoms with Crippen molar-refractivity contribution < 1.29 is 4.79 Å². The number of nitrogens with one attached hydrogen (secondary N) is 1. The number of hydrogen-bond acceptors (Lipinski definition) is 4. The minimum atomic E-state index is -0.335. The summed E-state index contributed by atoms with van der Waals surface area (Å²) in [6.45, 7) is 0. The molecular formula is C17H15N3O2S. The molecule has 3 aromatic rings. The average Bonchev–Trinajstić information content (AvgIpc) is 2.58. The Labute approximate surface area is 137 Å². The maximum absolute atomic E-state index is 12.7. The second kappa shape index (κ2) is 6.26. The summed E-state index contributed by atoms with van der Waals surface area (Å²) in [5.41, 5.74) is 0.741. The molecule has 116 valence electrons. The maximum Gasteiger partial charge on any atom is 0.276 e. The number of hydrogen-bond donors (Lipinski definition) is 1. The highest BCUT2D eigenvalue weighted by molar-refractivity contribution is 7.98. The molecule has 0 atom stereocenters. The van der Waals surface area contributed by atoms with Crippen LogP contribution in [0.1, 0.15) is 10.5 Å². The topological polar surface area (TPSA) is 64.0 Å². The smallest absolute Gasteiger partial charge is 0.276 e. The van der Waals surface area contributed by atoms with Crippen LogP contribution in [0.15, 0.2) is 58.2 Å². The first-order valence-corrected chi connectivity index (χ1v) is 8.24. The van der Waals surface area contributed by atoms with Crippen molar-refractivity contribution in [1.29, 1.82) is 0 Å². The number of aryl methyl sites for hydroxylation is 1. The summed E-state index contributed by atoms with van der Waals surface area (Å²) >= 11 is 1.55. The summed E-state index contributed by atoms with van der Waals surface area (Å²) in [5.74, 6) is -0.335. The number of amides is 1. The molecule has 0 bridgehead atoms. The molecule has 0 spiro atoms. The summed E-state index contributed by atoms with van der Waals surface area (Å²) in [5, 5.41) is 8.05. The molecule has 0 aliphatic carbocycles. The molecule has 2 aromatic carbocycles. The molecule has 0 aliphatic rings. The molecule has 5 nitrogen and oxygen atoms in total. The van der Waals surface area contributed by atoms with Crippen molar-refractivity contribution in [2.45, 2.75) is 4.90 Å². The highest BCUT2D eigenvalue weighted by Gasteiger charge is 2.16. The monoisotopic (exact) mass is 325 g/mol. The summed E-state index contributed by atoms with van der Waals surface area (Å²) in [6, 6.07) is 14.6. The molecule has 3 rings (SSSR count). The molecule has 0 aliphatic heterocycles. The van der Waals surface area contributed by atoms with Gasteiger partial charge in [0, 0.05) is 17.3 Å². The molecular weight excluding hydrogens is 310 g/mol. The van der Waals surface area contributed by atoms with Gasteiger partial charge in [-0.2, -0.15) is 5.10 Å². The number of anilines is 1. The lowest BCUT2D eigenvalue weighted by molar-refractivity contribution is 0.102. The second-order valence-corrected chi connectivity index (χ2v) is 5.83. The highest BCUT2D eigenvalue weighted by Crippen LogP contribution is 2.25. The van der Waals surface area contributed by atoms with Gasteiger partial charge < -0.3 is 5.32 Å². The number of benzene rings is 2. The molecule has 1 N–H and O–H groups in total. The first-order valence-electron chi connectivity index (χ1n) is 7.02. The van der Waals surface area contributed by atoms with Crippen molar-refractivity contribution in [3.05, 3.63) is 64.6 Å². The van der Waals surface area contributed by atoms with Gasteiger partial charge in [-0.05, 0) is 24.5 Å². The molecule has 1 aromatic heterocycles. The van der Waals surface area contributed by atoms with E-state index in [2.05, 4.69) is 10.4 Å². The Hall–Kier alpha value is -2.60. The summed E-state index contributed by atoms with van der Waals surface area (Å²) in [6.07, 6.45) is 1.95. The van der Waals surface area contributed by atoms with Gasteiger partial charge in [0.1, 0.15) is 0 Å². The Morgan fingerprint density at radius 1 is 1.09 bits per heavy atom. The van der Waals surface area contributed by atoms with Crippen molar-refractivity contribution in [2.75, 3.05) is 11.6 Å². The predicted molar refractivity (Wildman–Crippen MR) is 93.2 cm³/mol. The van der Waals surface area contributed by atoms with Crippen LogP contribution in [0.2, 0.25) is 0 Å². The first kappa shape index (κ1) is 15.3. The molecule has 6 heteroatoms. The van der Waals surface area contributed by atoms with Crippen LogP contribution in [0, 0.1) is 0 Å². The second-order valence-electron chi connectivity index (χ2n) is 4.98. The number of thioether (sulfide) groups is 1. The zero-order valence-corrected chi connectivity index (χ0v) is 13.6. The van der Waals surface area contributed by atoms with Crippen LogP contribution in [0.4, 0.5) is 5.69 Å². The average molecular weight is 325 g/mol. The van der Waals surface area contributed by atoms with Crippen molar-refractivity contribution >= 4 is 34.1 Å². The summed E-state index contributed by atoms with van der Waals surface area (Å²) in [7, 11) is 1.54. The number of nitrogens with zero attached hydrogens (tertiary/aromatic N) is 2. The third-order valence-corrected chi connectivity index (χ3v) is 4.32. The SMILES string of the molecule is CSc1ccccc1NC(=O)c1nn(C)c(=O)c2ccccc12. The van der Waals surface area contributed by atoms with E-state index < -0.39 is 0 Å². The molecule has 0 radical (unpaired) electrons. The van der Waals surface area contributed by atoms with Crippen LogP contribution in [-0.2, 0) is 7.05 Å². The number of fused-ring (bicyclic) bond motifs is 1. The fourth-order valence-corrected chi connectivity index (χ4v) is 2.95. The molecule has 23 heavy (non-hydrogen) atoms. The maximum atomic E-state index is 12.7. The van der Waals surface area contributed by atoms with Crippen LogP contribution in [0.3, 0.4) is 0 Å². The quantitative estimate of drug-likeness (QED) is 0.752. The predicted octanol–water partition coefficient (Wildman–Crippen LogP) is 2.91. The van der Waals surface area contributed by atoms with E-state index in [1.807, 2.05) is 30.5 Å². The van der Waals surface area contributed by atoms with E-state index in [1.54, 1.807) is 43.1 Å². The normalized spacial score (nSPS) is 10.7. The largest absolute Gasteiger partial charge is 0.320 e. The number of carbonyl (C=O) groups excluding carboxylic acids is 1. The lowest BCUT2D eigenvalue weighted by Gasteiger charge is -2.11. The number of rotatable bonds is 3. The van der Waals surface area contributed by atoms with Crippen LogP contribution >= 0.6 is 11.8 Å². The fraction of sp³-hybridized carbons (Fsp3) is 0.118. The fourth-order valence-electron chi connectivity index (χ4n) is 2.40. The highest BCUT2D eigenvalue weighted by atomic mass is 32.2. The van der Waals surface area contributed by atoms with E-state index in [9.17, 15) is 9.59 Å². The van der Waals surface area contributed by atoms with Crippen molar-refractivity contribution in [1.82, 2.24) is 9.78 Å². The minimum Gasteiger partial charge on any atom is -0.320 e. The molecule has 0 fully saturated rings. The molecule has 0 saturated heterocycles. The molecule has 1 heterocycles. The Balaban J connectivity index is 2.08. The van der Waals surface area contributed by atoms with E-state index in [0.29, 0.717) is 10.8 Å². The van der Waals surface area contributed by atoms with Crippen LogP contribution in [0.25, 0.3) is 10.8 Å². The van der Waals surface area contributed by atoms with Gasteiger partial charge in [-0.3, -0.25) is 9.59 Å². The Morgan fingerprint density at radius 2 is 1.74 bits per heavy atom. The zero-order chi connectivity index (χ0) is 16.4. The van der Waals surface area contributed by atoms with Crippen molar-refractivity contribution in [3.8, 4) is 0 Å². The zero-order valence-electron chi connectivity index (χ0n) is 12.7. The number of aromatic nitrogens is 2. The van der Waals surface area contributed by atoms with Crippen LogP contribution in [-0.4, -0.2) is 21.9 Å². The lowest BCUT2D eigenvalue weighted by Crippen LogP contribution is -2.25. The minimum absolute atomic E-state index is 0.221. The van der Waals surface area contributed by atoms with Crippen LogP contribution < -0.4 is 10.9 Å². The third kappa shape index (κ3) is 2.85. The van der Waals surface area contributed by atoms with E-state index in [1.165, 1.54) is 4.68 Å². The summed E-state index contributed by atoms with van der Waals surface area (Å²) in [4.78, 5) is 25.8. The number of carbonyl (C=O) groups is 1. The van der Waals surface area contributed by atoms with Gasteiger partial charge in [0.2, 0.25) is 0 Å². The van der Waals surface area contributed by atoms with Crippen molar-refractivity contribution in [3.63, 3.8) is 0 Å².